The van der Waals surface area contributed by atoms with Gasteiger partial charge in [0.25, 0.3) is 10.0 Å². The second kappa shape index (κ2) is 6.12. The number of benzene rings is 2. The minimum atomic E-state index is -3.91. The highest BCUT2D eigenvalue weighted by Gasteiger charge is 2.19. The van der Waals surface area contributed by atoms with Gasteiger partial charge in [-0.3, -0.25) is 4.72 Å². The lowest BCUT2D eigenvalue weighted by molar-refractivity contribution is 0.601. The van der Waals surface area contributed by atoms with Crippen molar-refractivity contribution in [3.05, 3.63) is 57.0 Å². The molecule has 0 aromatic heterocycles. The van der Waals surface area contributed by atoms with E-state index >= 15 is 0 Å². The van der Waals surface area contributed by atoms with Crippen molar-refractivity contribution in [1.29, 1.82) is 5.26 Å². The van der Waals surface area contributed by atoms with E-state index in [4.69, 9.17) is 40.1 Å². The van der Waals surface area contributed by atoms with Crippen molar-refractivity contribution in [2.45, 2.75) is 4.90 Å². The van der Waals surface area contributed by atoms with Gasteiger partial charge in [0.2, 0.25) is 0 Å². The van der Waals surface area contributed by atoms with Gasteiger partial charge in [0.1, 0.15) is 11.0 Å². The molecule has 0 unspecified atom stereocenters. The van der Waals surface area contributed by atoms with Crippen LogP contribution in [0, 0.1) is 11.3 Å². The molecule has 2 aromatic rings. The fourth-order valence-electron chi connectivity index (χ4n) is 1.57. The van der Waals surface area contributed by atoms with E-state index in [1.54, 1.807) is 0 Å². The van der Waals surface area contributed by atoms with Crippen LogP contribution in [0.3, 0.4) is 0 Å². The molecule has 0 bridgehead atoms. The van der Waals surface area contributed by atoms with Crippen molar-refractivity contribution >= 4 is 50.5 Å². The van der Waals surface area contributed by atoms with E-state index in [0.29, 0.717) is 0 Å². The van der Waals surface area contributed by atoms with Crippen molar-refractivity contribution < 1.29 is 8.42 Å². The SMILES string of the molecule is N#Cc1ccc(NS(=O)(=O)c2cccc(Cl)c2Cl)cc1Cl. The number of halogens is 3. The highest BCUT2D eigenvalue weighted by Crippen LogP contribution is 2.30. The average molecular weight is 362 g/mol. The van der Waals surface area contributed by atoms with Crippen LogP contribution in [0.15, 0.2) is 41.3 Å². The third kappa shape index (κ3) is 3.42. The first-order chi connectivity index (χ1) is 9.85. The van der Waals surface area contributed by atoms with Crippen LogP contribution in [0.5, 0.6) is 0 Å². The van der Waals surface area contributed by atoms with Gasteiger partial charge in [0.15, 0.2) is 0 Å². The topological polar surface area (TPSA) is 70.0 Å². The molecule has 0 heterocycles. The Hall–Kier alpha value is -1.45. The van der Waals surface area contributed by atoms with E-state index in [2.05, 4.69) is 4.72 Å². The summed E-state index contributed by atoms with van der Waals surface area (Å²) in [6, 6.07) is 10.4. The third-order valence-corrected chi connectivity index (χ3v) is 5.21. The molecule has 8 heteroatoms. The lowest BCUT2D eigenvalue weighted by atomic mass is 10.2. The largest absolute Gasteiger partial charge is 0.280 e. The van der Waals surface area contributed by atoms with Crippen LogP contribution in [-0.2, 0) is 10.0 Å². The Balaban J connectivity index is 2.40. The summed E-state index contributed by atoms with van der Waals surface area (Å²) >= 11 is 17.6. The third-order valence-electron chi connectivity index (χ3n) is 2.55. The van der Waals surface area contributed by atoms with Gasteiger partial charge in [0, 0.05) is 0 Å². The normalized spacial score (nSPS) is 11.0. The van der Waals surface area contributed by atoms with Gasteiger partial charge >= 0.3 is 0 Å². The molecule has 0 aliphatic heterocycles. The predicted molar refractivity (Wildman–Crippen MR) is 83.4 cm³/mol. The molecule has 0 aliphatic rings. The quantitative estimate of drug-likeness (QED) is 0.885. The molecule has 0 radical (unpaired) electrons. The van der Waals surface area contributed by atoms with Crippen LogP contribution < -0.4 is 4.72 Å². The van der Waals surface area contributed by atoms with Crippen LogP contribution >= 0.6 is 34.8 Å². The summed E-state index contributed by atoms with van der Waals surface area (Å²) in [5.41, 5.74) is 0.468. The molecular formula is C13H7Cl3N2O2S. The van der Waals surface area contributed by atoms with Crippen molar-refractivity contribution in [2.75, 3.05) is 4.72 Å². The number of hydrogen-bond donors (Lipinski definition) is 1. The molecule has 2 rings (SSSR count). The van der Waals surface area contributed by atoms with E-state index in [9.17, 15) is 8.42 Å². The van der Waals surface area contributed by atoms with Crippen LogP contribution in [0.1, 0.15) is 5.56 Å². The number of anilines is 1. The Kier molecular flexibility index (Phi) is 4.64. The first-order valence-electron chi connectivity index (χ1n) is 5.51. The lowest BCUT2D eigenvalue weighted by Gasteiger charge is -2.10. The van der Waals surface area contributed by atoms with E-state index in [1.807, 2.05) is 6.07 Å². The number of nitrogens with zero attached hydrogens (tertiary/aromatic N) is 1. The molecule has 108 valence electrons. The standard InChI is InChI=1S/C13H7Cl3N2O2S/c14-10-2-1-3-12(13(10)16)21(19,20)18-9-5-4-8(7-17)11(15)6-9/h1-6,18H. The maximum absolute atomic E-state index is 12.3. The van der Waals surface area contributed by atoms with Gasteiger partial charge in [-0.2, -0.15) is 5.26 Å². The van der Waals surface area contributed by atoms with Gasteiger partial charge in [-0.1, -0.05) is 40.9 Å². The zero-order chi connectivity index (χ0) is 15.6. The minimum Gasteiger partial charge on any atom is -0.280 e. The minimum absolute atomic E-state index is 0.0635. The van der Waals surface area contributed by atoms with E-state index in [0.717, 1.165) is 0 Å². The number of nitrogens with one attached hydrogen (secondary N) is 1. The molecule has 0 amide bonds. The molecule has 0 spiro atoms. The molecule has 0 aliphatic carbocycles. The van der Waals surface area contributed by atoms with E-state index in [1.165, 1.54) is 36.4 Å². The fourth-order valence-corrected chi connectivity index (χ4v) is 3.61. The van der Waals surface area contributed by atoms with Crippen LogP contribution in [0.25, 0.3) is 0 Å². The molecule has 2 aromatic carbocycles. The van der Waals surface area contributed by atoms with Gasteiger partial charge in [0.05, 0.1) is 26.3 Å². The van der Waals surface area contributed by atoms with Gasteiger partial charge in [-0.25, -0.2) is 8.42 Å². The number of sulfonamides is 1. The molecular weight excluding hydrogens is 355 g/mol. The Bertz CT molecular complexity index is 845. The van der Waals surface area contributed by atoms with Gasteiger partial charge in [-0.05, 0) is 30.3 Å². The zero-order valence-corrected chi connectivity index (χ0v) is 13.4. The smallest absolute Gasteiger partial charge is 0.263 e. The first kappa shape index (κ1) is 15.9. The van der Waals surface area contributed by atoms with Crippen molar-refractivity contribution in [3.63, 3.8) is 0 Å². The lowest BCUT2D eigenvalue weighted by Crippen LogP contribution is -2.13. The zero-order valence-electron chi connectivity index (χ0n) is 10.3. The van der Waals surface area contributed by atoms with E-state index in [-0.39, 0.29) is 31.2 Å². The number of hydrogen-bond acceptors (Lipinski definition) is 3. The Labute approximate surface area is 136 Å². The average Bonchev–Trinajstić information content (AvgIpc) is 2.41. The van der Waals surface area contributed by atoms with Crippen LogP contribution in [0.2, 0.25) is 15.1 Å². The summed E-state index contributed by atoms with van der Waals surface area (Å²) in [6.45, 7) is 0. The summed E-state index contributed by atoms with van der Waals surface area (Å²) in [5.74, 6) is 0. The number of nitriles is 1. The van der Waals surface area contributed by atoms with Gasteiger partial charge < -0.3 is 0 Å². The maximum atomic E-state index is 12.3. The van der Waals surface area contributed by atoms with Crippen LogP contribution in [0.4, 0.5) is 5.69 Å². The summed E-state index contributed by atoms with van der Waals surface area (Å²) in [7, 11) is -3.91. The molecule has 0 fully saturated rings. The molecule has 1 N–H and O–H groups in total. The molecule has 0 atom stereocenters. The van der Waals surface area contributed by atoms with Crippen molar-refractivity contribution in [1.82, 2.24) is 0 Å². The molecule has 4 nitrogen and oxygen atoms in total. The van der Waals surface area contributed by atoms with Crippen molar-refractivity contribution in [3.8, 4) is 6.07 Å². The molecule has 0 saturated carbocycles. The predicted octanol–water partition coefficient (Wildman–Crippen LogP) is 4.32. The molecule has 0 saturated heterocycles. The Morgan fingerprint density at radius 3 is 2.38 bits per heavy atom. The monoisotopic (exact) mass is 360 g/mol. The van der Waals surface area contributed by atoms with E-state index < -0.39 is 10.0 Å². The second-order valence-corrected chi connectivity index (χ2v) is 6.81. The van der Waals surface area contributed by atoms with Gasteiger partial charge in [-0.15, -0.1) is 0 Å². The number of rotatable bonds is 3. The highest BCUT2D eigenvalue weighted by molar-refractivity contribution is 7.92. The Morgan fingerprint density at radius 1 is 1.05 bits per heavy atom. The summed E-state index contributed by atoms with van der Waals surface area (Å²) in [4.78, 5) is -0.142. The summed E-state index contributed by atoms with van der Waals surface area (Å²) in [6.07, 6.45) is 0. The van der Waals surface area contributed by atoms with Crippen LogP contribution in [-0.4, -0.2) is 8.42 Å². The van der Waals surface area contributed by atoms with Crippen molar-refractivity contribution in [2.24, 2.45) is 0 Å². The maximum Gasteiger partial charge on any atom is 0.263 e. The first-order valence-corrected chi connectivity index (χ1v) is 8.13. The summed E-state index contributed by atoms with van der Waals surface area (Å²) < 4.78 is 26.9. The highest BCUT2D eigenvalue weighted by atomic mass is 35.5. The Morgan fingerprint density at radius 2 is 1.76 bits per heavy atom. The fraction of sp³-hybridized carbons (Fsp3) is 0. The molecule has 21 heavy (non-hydrogen) atoms. The summed E-state index contributed by atoms with van der Waals surface area (Å²) in [5, 5.41) is 9.00. The second-order valence-electron chi connectivity index (χ2n) is 3.96.